The number of halogens is 1. The molecular formula is C18H19ClN2O2. The van der Waals surface area contributed by atoms with Crippen molar-refractivity contribution in [3.8, 4) is 0 Å². The van der Waals surface area contributed by atoms with Gasteiger partial charge in [0.2, 0.25) is 11.8 Å². The molecule has 2 N–H and O–H groups in total. The lowest BCUT2D eigenvalue weighted by Gasteiger charge is -2.22. The molecule has 0 spiro atoms. The molecule has 0 radical (unpaired) electrons. The maximum absolute atomic E-state index is 12.4. The van der Waals surface area contributed by atoms with Crippen LogP contribution in [0.15, 0.2) is 48.5 Å². The van der Waals surface area contributed by atoms with Crippen molar-refractivity contribution in [2.24, 2.45) is 5.41 Å². The summed E-state index contributed by atoms with van der Waals surface area (Å²) in [6, 6.07) is 14.2. The summed E-state index contributed by atoms with van der Waals surface area (Å²) in [7, 11) is 0. The first-order valence-corrected chi connectivity index (χ1v) is 7.62. The second-order valence-electron chi connectivity index (χ2n) is 5.91. The van der Waals surface area contributed by atoms with Crippen LogP contribution in [0.1, 0.15) is 19.4 Å². The molecule has 0 aliphatic heterocycles. The van der Waals surface area contributed by atoms with E-state index in [1.165, 1.54) is 0 Å². The number of carbonyl (C=O) groups is 2. The second-order valence-corrected chi connectivity index (χ2v) is 6.35. The highest BCUT2D eigenvalue weighted by atomic mass is 35.5. The van der Waals surface area contributed by atoms with E-state index >= 15 is 0 Å². The minimum absolute atomic E-state index is 0.374. The molecule has 2 aromatic carbocycles. The van der Waals surface area contributed by atoms with Gasteiger partial charge < -0.3 is 10.6 Å². The summed E-state index contributed by atoms with van der Waals surface area (Å²) in [5.41, 5.74) is 1.08. The van der Waals surface area contributed by atoms with E-state index in [4.69, 9.17) is 11.6 Å². The Morgan fingerprint density at radius 3 is 2.04 bits per heavy atom. The lowest BCUT2D eigenvalue weighted by atomic mass is 9.90. The molecule has 2 rings (SSSR count). The number of carbonyl (C=O) groups excluding carboxylic acids is 2. The Morgan fingerprint density at radius 2 is 1.48 bits per heavy atom. The summed E-state index contributed by atoms with van der Waals surface area (Å²) in [5, 5.41) is 5.99. The molecule has 0 aliphatic rings. The first kappa shape index (κ1) is 17.0. The van der Waals surface area contributed by atoms with Gasteiger partial charge in [-0.3, -0.25) is 9.59 Å². The monoisotopic (exact) mass is 330 g/mol. The normalized spacial score (nSPS) is 11.0. The van der Waals surface area contributed by atoms with Crippen LogP contribution in [0.4, 0.5) is 11.4 Å². The molecule has 23 heavy (non-hydrogen) atoms. The van der Waals surface area contributed by atoms with Gasteiger partial charge in [0.25, 0.3) is 0 Å². The highest BCUT2D eigenvalue weighted by molar-refractivity contribution is 6.31. The molecule has 0 saturated carbocycles. The number of nitrogens with one attached hydrogen (secondary N) is 2. The Morgan fingerprint density at radius 1 is 0.913 bits per heavy atom. The van der Waals surface area contributed by atoms with Gasteiger partial charge in [-0.05, 0) is 51.1 Å². The van der Waals surface area contributed by atoms with Gasteiger partial charge in [-0.2, -0.15) is 0 Å². The Bertz CT molecular complexity index is 724. The molecule has 0 saturated heterocycles. The van der Waals surface area contributed by atoms with Gasteiger partial charge in [-0.15, -0.1) is 0 Å². The lowest BCUT2D eigenvalue weighted by Crippen LogP contribution is -2.41. The Hall–Kier alpha value is -2.33. The minimum Gasteiger partial charge on any atom is -0.325 e. The molecule has 120 valence electrons. The third-order valence-corrected chi connectivity index (χ3v) is 3.76. The van der Waals surface area contributed by atoms with Crippen LogP contribution in [0.25, 0.3) is 0 Å². The van der Waals surface area contributed by atoms with Crippen LogP contribution in [0.3, 0.4) is 0 Å². The molecule has 0 aromatic heterocycles. The zero-order chi connectivity index (χ0) is 17.0. The van der Waals surface area contributed by atoms with Crippen molar-refractivity contribution in [1.82, 2.24) is 0 Å². The molecule has 0 atom stereocenters. The van der Waals surface area contributed by atoms with E-state index in [1.54, 1.807) is 50.2 Å². The quantitative estimate of drug-likeness (QED) is 0.823. The zero-order valence-electron chi connectivity index (χ0n) is 13.3. The van der Waals surface area contributed by atoms with Gasteiger partial charge in [0.1, 0.15) is 5.41 Å². The number of anilines is 2. The van der Waals surface area contributed by atoms with E-state index in [1.807, 2.05) is 19.1 Å². The van der Waals surface area contributed by atoms with Crippen molar-refractivity contribution < 1.29 is 9.59 Å². The molecule has 0 bridgehead atoms. The van der Waals surface area contributed by atoms with Crippen molar-refractivity contribution in [3.63, 3.8) is 0 Å². The van der Waals surface area contributed by atoms with E-state index in [-0.39, 0.29) is 5.91 Å². The molecule has 0 unspecified atom stereocenters. The number of benzene rings is 2. The summed E-state index contributed by atoms with van der Waals surface area (Å²) in [4.78, 5) is 24.8. The van der Waals surface area contributed by atoms with Crippen LogP contribution in [-0.4, -0.2) is 11.8 Å². The summed E-state index contributed by atoms with van der Waals surface area (Å²) < 4.78 is 0. The number of amides is 2. The van der Waals surface area contributed by atoms with E-state index in [0.717, 1.165) is 5.56 Å². The van der Waals surface area contributed by atoms with Crippen molar-refractivity contribution in [3.05, 3.63) is 59.1 Å². The highest BCUT2D eigenvalue weighted by Crippen LogP contribution is 2.23. The van der Waals surface area contributed by atoms with E-state index in [9.17, 15) is 9.59 Å². The molecule has 0 heterocycles. The van der Waals surface area contributed by atoms with Crippen molar-refractivity contribution in [2.45, 2.75) is 20.8 Å². The largest absolute Gasteiger partial charge is 0.325 e. The maximum atomic E-state index is 12.4. The van der Waals surface area contributed by atoms with Crippen LogP contribution in [0.5, 0.6) is 0 Å². The Labute approximate surface area is 140 Å². The van der Waals surface area contributed by atoms with Crippen molar-refractivity contribution >= 4 is 34.8 Å². The molecule has 0 aliphatic carbocycles. The summed E-state index contributed by atoms with van der Waals surface area (Å²) in [6.07, 6.45) is 0. The second kappa shape index (κ2) is 6.84. The van der Waals surface area contributed by atoms with E-state index < -0.39 is 11.3 Å². The fourth-order valence-electron chi connectivity index (χ4n) is 1.88. The third-order valence-electron chi connectivity index (χ3n) is 3.53. The predicted molar refractivity (Wildman–Crippen MR) is 93.7 cm³/mol. The van der Waals surface area contributed by atoms with Crippen LogP contribution in [0.2, 0.25) is 5.02 Å². The topological polar surface area (TPSA) is 58.2 Å². The van der Waals surface area contributed by atoms with Crippen LogP contribution in [-0.2, 0) is 9.59 Å². The summed E-state index contributed by atoms with van der Waals surface area (Å²) >= 11 is 5.89. The van der Waals surface area contributed by atoms with Crippen LogP contribution in [0, 0.1) is 12.3 Å². The Balaban J connectivity index is 2.08. The molecule has 2 aromatic rings. The smallest absolute Gasteiger partial charge is 0.239 e. The molecule has 0 fully saturated rings. The van der Waals surface area contributed by atoms with Gasteiger partial charge in [-0.25, -0.2) is 0 Å². The van der Waals surface area contributed by atoms with Gasteiger partial charge in [0.05, 0.1) is 0 Å². The van der Waals surface area contributed by atoms with Crippen LogP contribution < -0.4 is 10.6 Å². The third kappa shape index (κ3) is 4.33. The first-order chi connectivity index (χ1) is 10.8. The molecule has 2 amide bonds. The number of hydrogen-bond acceptors (Lipinski definition) is 2. The molecular weight excluding hydrogens is 312 g/mol. The Kier molecular flexibility index (Phi) is 5.06. The average molecular weight is 331 g/mol. The minimum atomic E-state index is -1.23. The number of hydrogen-bond donors (Lipinski definition) is 2. The average Bonchev–Trinajstić information content (AvgIpc) is 2.49. The standard InChI is InChI=1S/C18H19ClN2O2/c1-12-7-9-14(10-8-12)20-16(22)18(2,3)17(23)21-15-6-4-5-13(19)11-15/h4-11H,1-3H3,(H,20,22)(H,21,23). The van der Waals surface area contributed by atoms with Gasteiger partial charge in [0, 0.05) is 16.4 Å². The van der Waals surface area contributed by atoms with Crippen LogP contribution >= 0.6 is 11.6 Å². The van der Waals surface area contributed by atoms with E-state index in [0.29, 0.717) is 16.4 Å². The molecule has 5 heteroatoms. The number of aryl methyl sites for hydroxylation is 1. The summed E-state index contributed by atoms with van der Waals surface area (Å²) in [6.45, 7) is 5.13. The predicted octanol–water partition coefficient (Wildman–Crippen LogP) is 4.25. The van der Waals surface area contributed by atoms with Gasteiger partial charge >= 0.3 is 0 Å². The first-order valence-electron chi connectivity index (χ1n) is 7.24. The SMILES string of the molecule is Cc1ccc(NC(=O)C(C)(C)C(=O)Nc2cccc(Cl)c2)cc1. The van der Waals surface area contributed by atoms with E-state index in [2.05, 4.69) is 10.6 Å². The number of rotatable bonds is 4. The molecule has 4 nitrogen and oxygen atoms in total. The maximum Gasteiger partial charge on any atom is 0.239 e. The van der Waals surface area contributed by atoms with Gasteiger partial charge in [-0.1, -0.05) is 35.4 Å². The highest BCUT2D eigenvalue weighted by Gasteiger charge is 2.36. The fourth-order valence-corrected chi connectivity index (χ4v) is 2.07. The fraction of sp³-hybridized carbons (Fsp3) is 0.222. The van der Waals surface area contributed by atoms with Gasteiger partial charge in [0.15, 0.2) is 0 Å². The summed E-state index contributed by atoms with van der Waals surface area (Å²) in [5.74, 6) is -0.773. The van der Waals surface area contributed by atoms with Crippen molar-refractivity contribution in [2.75, 3.05) is 10.6 Å². The zero-order valence-corrected chi connectivity index (χ0v) is 14.1. The van der Waals surface area contributed by atoms with Crippen molar-refractivity contribution in [1.29, 1.82) is 0 Å². The lowest BCUT2D eigenvalue weighted by molar-refractivity contribution is -0.135.